The number of hydrogen-bond donors (Lipinski definition) is 0. The number of pyridine rings is 1. The number of imidazole rings is 1. The van der Waals surface area contributed by atoms with Crippen molar-refractivity contribution in [2.75, 3.05) is 13.2 Å². The van der Waals surface area contributed by atoms with Crippen LogP contribution in [0.4, 0.5) is 0 Å². The van der Waals surface area contributed by atoms with E-state index < -0.39 is 0 Å². The van der Waals surface area contributed by atoms with Gasteiger partial charge in [0.1, 0.15) is 11.3 Å². The number of aromatic nitrogens is 2. The molecule has 3 aromatic rings. The minimum atomic E-state index is 0.114. The van der Waals surface area contributed by atoms with Crippen molar-refractivity contribution >= 4 is 23.0 Å². The molecule has 1 aromatic carbocycles. The average Bonchev–Trinajstić information content (AvgIpc) is 3.11. The van der Waals surface area contributed by atoms with E-state index in [1.807, 2.05) is 17.4 Å². The van der Waals surface area contributed by atoms with Crippen molar-refractivity contribution in [1.82, 2.24) is 9.38 Å². The van der Waals surface area contributed by atoms with Crippen LogP contribution in [0.5, 0.6) is 0 Å². The second kappa shape index (κ2) is 9.10. The highest BCUT2D eigenvalue weighted by molar-refractivity contribution is 6.30. The van der Waals surface area contributed by atoms with Crippen molar-refractivity contribution in [1.29, 1.82) is 0 Å². The molecule has 1 saturated heterocycles. The number of Topliss-reactive ketones (excluding diaryl/α,β-unsaturated/α-hetero) is 1. The molecule has 2 aromatic heterocycles. The van der Waals surface area contributed by atoms with Crippen LogP contribution < -0.4 is 0 Å². The predicted octanol–water partition coefficient (Wildman–Crippen LogP) is 5.33. The molecular weight excluding hydrogens is 384 g/mol. The third kappa shape index (κ3) is 4.71. The van der Waals surface area contributed by atoms with E-state index >= 15 is 0 Å². The summed E-state index contributed by atoms with van der Waals surface area (Å²) in [6, 6.07) is 12.4. The van der Waals surface area contributed by atoms with Crippen LogP contribution in [0.15, 0.2) is 42.6 Å². The number of nitrogens with zero attached hydrogens (tertiary/aromatic N) is 2. The molecule has 5 heteroatoms. The number of rotatable bonds is 7. The largest absolute Gasteiger partial charge is 0.381 e. The zero-order valence-electron chi connectivity index (χ0n) is 16.9. The lowest BCUT2D eigenvalue weighted by Gasteiger charge is -2.22. The summed E-state index contributed by atoms with van der Waals surface area (Å²) in [7, 11) is 0. The van der Waals surface area contributed by atoms with E-state index in [-0.39, 0.29) is 5.78 Å². The predicted molar refractivity (Wildman–Crippen MR) is 116 cm³/mol. The zero-order valence-corrected chi connectivity index (χ0v) is 17.6. The molecule has 0 unspecified atom stereocenters. The van der Waals surface area contributed by atoms with Crippen molar-refractivity contribution in [2.24, 2.45) is 5.92 Å². The molecule has 1 aliphatic heterocycles. The van der Waals surface area contributed by atoms with Gasteiger partial charge in [-0.05, 0) is 61.3 Å². The first-order valence-corrected chi connectivity index (χ1v) is 10.9. The molecule has 0 radical (unpaired) electrons. The Bertz CT molecular complexity index is 988. The molecule has 0 aliphatic carbocycles. The highest BCUT2D eigenvalue weighted by Crippen LogP contribution is 2.22. The van der Waals surface area contributed by atoms with Crippen molar-refractivity contribution < 1.29 is 9.53 Å². The van der Waals surface area contributed by atoms with Crippen molar-refractivity contribution in [3.8, 4) is 0 Å². The molecule has 0 atom stereocenters. The lowest BCUT2D eigenvalue weighted by molar-refractivity contribution is 0.0665. The minimum absolute atomic E-state index is 0.114. The minimum Gasteiger partial charge on any atom is -0.381 e. The van der Waals surface area contributed by atoms with Crippen molar-refractivity contribution in [3.63, 3.8) is 0 Å². The number of fused-ring (bicyclic) bond motifs is 1. The molecule has 1 fully saturated rings. The Balaban J connectivity index is 1.42. The molecule has 4 rings (SSSR count). The van der Waals surface area contributed by atoms with Gasteiger partial charge >= 0.3 is 0 Å². The highest BCUT2D eigenvalue weighted by atomic mass is 35.5. The molecule has 0 spiro atoms. The second-order valence-electron chi connectivity index (χ2n) is 7.84. The number of halogens is 1. The lowest BCUT2D eigenvalue weighted by Crippen LogP contribution is -2.17. The normalized spacial score (nSPS) is 15.1. The smallest absolute Gasteiger partial charge is 0.181 e. The summed E-state index contributed by atoms with van der Waals surface area (Å²) in [6.45, 7) is 3.80. The van der Waals surface area contributed by atoms with Gasteiger partial charge in [-0.25, -0.2) is 4.98 Å². The summed E-state index contributed by atoms with van der Waals surface area (Å²) in [6.07, 6.45) is 7.12. The van der Waals surface area contributed by atoms with Crippen molar-refractivity contribution in [2.45, 2.75) is 45.4 Å². The third-order valence-corrected chi connectivity index (χ3v) is 6.01. The first kappa shape index (κ1) is 20.1. The van der Waals surface area contributed by atoms with Gasteiger partial charge in [-0.15, -0.1) is 0 Å². The third-order valence-electron chi connectivity index (χ3n) is 5.78. The number of aryl methyl sites for hydroxylation is 2. The van der Waals surface area contributed by atoms with E-state index in [1.54, 1.807) is 12.3 Å². The van der Waals surface area contributed by atoms with Gasteiger partial charge in [-0.1, -0.05) is 42.8 Å². The first-order valence-electron chi connectivity index (χ1n) is 10.5. The molecule has 29 heavy (non-hydrogen) atoms. The standard InChI is InChI=1S/C24H27ClN2O2/c1-2-21-24(27-16-20(25)8-10-23(27)26-21)22(28)9-7-17-3-5-18(6-4-17)15-19-11-13-29-14-12-19/h3-6,8,10,16,19H,2,7,9,11-15H2,1H3. The Kier molecular flexibility index (Phi) is 6.31. The number of ether oxygens (including phenoxy) is 1. The van der Waals surface area contributed by atoms with Crippen LogP contribution in [-0.2, 0) is 24.0 Å². The number of ketones is 1. The van der Waals surface area contributed by atoms with Crippen LogP contribution in [0.2, 0.25) is 5.02 Å². The van der Waals surface area contributed by atoms with Gasteiger partial charge in [-0.3, -0.25) is 9.20 Å². The maximum atomic E-state index is 13.0. The molecular formula is C24H27ClN2O2. The number of carbonyl (C=O) groups excluding carboxylic acids is 1. The van der Waals surface area contributed by atoms with Crippen LogP contribution in [0.1, 0.15) is 53.5 Å². The fourth-order valence-electron chi connectivity index (χ4n) is 4.11. The van der Waals surface area contributed by atoms with E-state index in [2.05, 4.69) is 29.2 Å². The van der Waals surface area contributed by atoms with Gasteiger partial charge in [0, 0.05) is 25.8 Å². The summed E-state index contributed by atoms with van der Waals surface area (Å²) < 4.78 is 7.28. The topological polar surface area (TPSA) is 43.6 Å². The molecule has 4 nitrogen and oxygen atoms in total. The molecule has 0 saturated carbocycles. The van der Waals surface area contributed by atoms with Crippen LogP contribution in [0.3, 0.4) is 0 Å². The Morgan fingerprint density at radius 3 is 2.59 bits per heavy atom. The van der Waals surface area contributed by atoms with Gasteiger partial charge in [0.2, 0.25) is 0 Å². The highest BCUT2D eigenvalue weighted by Gasteiger charge is 2.18. The van der Waals surface area contributed by atoms with Gasteiger partial charge < -0.3 is 4.74 Å². The zero-order chi connectivity index (χ0) is 20.2. The van der Waals surface area contributed by atoms with E-state index in [1.165, 1.54) is 11.1 Å². The monoisotopic (exact) mass is 410 g/mol. The summed E-state index contributed by atoms with van der Waals surface area (Å²) in [4.78, 5) is 17.6. The van der Waals surface area contributed by atoms with Crippen LogP contribution >= 0.6 is 11.6 Å². The second-order valence-corrected chi connectivity index (χ2v) is 8.27. The van der Waals surface area contributed by atoms with E-state index in [0.717, 1.165) is 62.6 Å². The summed E-state index contributed by atoms with van der Waals surface area (Å²) in [5, 5.41) is 0.603. The Morgan fingerprint density at radius 2 is 1.86 bits per heavy atom. The lowest BCUT2D eigenvalue weighted by atomic mass is 9.92. The van der Waals surface area contributed by atoms with Gasteiger partial charge in [0.15, 0.2) is 5.78 Å². The van der Waals surface area contributed by atoms with E-state index in [4.69, 9.17) is 16.3 Å². The average molecular weight is 411 g/mol. The molecule has 0 N–H and O–H groups in total. The van der Waals surface area contributed by atoms with E-state index in [0.29, 0.717) is 17.1 Å². The van der Waals surface area contributed by atoms with Crippen LogP contribution in [0, 0.1) is 5.92 Å². The SMILES string of the molecule is CCc1nc2ccc(Cl)cn2c1C(=O)CCc1ccc(CC2CCOCC2)cc1. The quantitative estimate of drug-likeness (QED) is 0.494. The number of carbonyl (C=O) groups is 1. The molecule has 0 amide bonds. The molecule has 0 bridgehead atoms. The van der Waals surface area contributed by atoms with Crippen LogP contribution in [-0.4, -0.2) is 28.4 Å². The maximum absolute atomic E-state index is 13.0. The Labute approximate surface area is 176 Å². The molecule has 152 valence electrons. The number of hydrogen-bond acceptors (Lipinski definition) is 3. The number of benzene rings is 1. The summed E-state index contributed by atoms with van der Waals surface area (Å²) in [5.41, 5.74) is 4.84. The summed E-state index contributed by atoms with van der Waals surface area (Å²) >= 11 is 6.14. The van der Waals surface area contributed by atoms with Crippen molar-refractivity contribution in [3.05, 3.63) is 70.1 Å². The van der Waals surface area contributed by atoms with Gasteiger partial charge in [-0.2, -0.15) is 0 Å². The van der Waals surface area contributed by atoms with Crippen LogP contribution in [0.25, 0.3) is 5.65 Å². The Morgan fingerprint density at radius 1 is 1.14 bits per heavy atom. The van der Waals surface area contributed by atoms with E-state index in [9.17, 15) is 4.79 Å². The van der Waals surface area contributed by atoms with Gasteiger partial charge in [0.25, 0.3) is 0 Å². The fourth-order valence-corrected chi connectivity index (χ4v) is 4.27. The molecule has 3 heterocycles. The first-order chi connectivity index (χ1) is 14.1. The summed E-state index contributed by atoms with van der Waals surface area (Å²) in [5.74, 6) is 0.841. The fraction of sp³-hybridized carbons (Fsp3) is 0.417. The molecule has 1 aliphatic rings. The van der Waals surface area contributed by atoms with Gasteiger partial charge in [0.05, 0.1) is 10.7 Å². The Hall–Kier alpha value is -2.17. The maximum Gasteiger partial charge on any atom is 0.181 e.